The summed E-state index contributed by atoms with van der Waals surface area (Å²) in [4.78, 5) is 0. The summed E-state index contributed by atoms with van der Waals surface area (Å²) in [5.41, 5.74) is 12.3. The predicted molar refractivity (Wildman–Crippen MR) is 205 cm³/mol. The van der Waals surface area contributed by atoms with Gasteiger partial charge in [0.05, 0.1) is 0 Å². The van der Waals surface area contributed by atoms with Gasteiger partial charge < -0.3 is 4.42 Å². The number of furan rings is 1. The molecule has 0 spiro atoms. The highest BCUT2D eigenvalue weighted by atomic mass is 16.3. The molecule has 48 heavy (non-hydrogen) atoms. The van der Waals surface area contributed by atoms with Crippen molar-refractivity contribution >= 4 is 60.3 Å². The average Bonchev–Trinajstić information content (AvgIpc) is 3.51. The van der Waals surface area contributed by atoms with Gasteiger partial charge in [-0.15, -0.1) is 0 Å². The molecule has 0 N–H and O–H groups in total. The summed E-state index contributed by atoms with van der Waals surface area (Å²) in [7, 11) is 0. The minimum absolute atomic E-state index is 0.361. The molecule has 9 aromatic rings. The molecule has 8 aromatic carbocycles. The number of hydrogen-bond acceptors (Lipinski definition) is 1. The molecule has 1 aromatic heterocycles. The summed E-state index contributed by atoms with van der Waals surface area (Å²) < 4.78 is 6.57. The van der Waals surface area contributed by atoms with Gasteiger partial charge >= 0.3 is 0 Å². The van der Waals surface area contributed by atoms with Crippen molar-refractivity contribution in [2.24, 2.45) is 0 Å². The normalized spacial score (nSPS) is 14.4. The third-order valence-corrected chi connectivity index (χ3v) is 10.5. The van der Waals surface area contributed by atoms with Gasteiger partial charge in [0.15, 0.2) is 0 Å². The van der Waals surface area contributed by atoms with Crippen LogP contribution in [0.15, 0.2) is 156 Å². The Morgan fingerprint density at radius 3 is 2.06 bits per heavy atom. The van der Waals surface area contributed by atoms with Gasteiger partial charge in [-0.1, -0.05) is 140 Å². The number of allylic oxidation sites excluding steroid dienone is 1. The lowest BCUT2D eigenvalue weighted by Gasteiger charge is -2.28. The van der Waals surface area contributed by atoms with E-state index in [0.717, 1.165) is 23.0 Å². The van der Waals surface area contributed by atoms with Crippen molar-refractivity contribution < 1.29 is 4.42 Å². The third kappa shape index (κ3) is 4.04. The molecule has 1 aliphatic rings. The summed E-state index contributed by atoms with van der Waals surface area (Å²) >= 11 is 0. The van der Waals surface area contributed by atoms with Crippen molar-refractivity contribution in [3.05, 3.63) is 163 Å². The van der Waals surface area contributed by atoms with E-state index in [4.69, 9.17) is 4.42 Å². The van der Waals surface area contributed by atoms with Crippen LogP contribution in [-0.2, 0) is 0 Å². The monoisotopic (exact) mass is 612 g/mol. The fourth-order valence-electron chi connectivity index (χ4n) is 8.27. The van der Waals surface area contributed by atoms with Gasteiger partial charge in [0.2, 0.25) is 0 Å². The van der Waals surface area contributed by atoms with Gasteiger partial charge in [0.25, 0.3) is 0 Å². The van der Waals surface area contributed by atoms with Crippen molar-refractivity contribution in [3.63, 3.8) is 0 Å². The largest absolute Gasteiger partial charge is 0.456 e. The first-order valence-corrected chi connectivity index (χ1v) is 16.9. The molecule has 1 nitrogen and oxygen atoms in total. The molecule has 0 fully saturated rings. The standard InChI is InChI=1S/C47H32O/c1-29-12-9-21-38-44(29)47(37-20-10-17-31-24-25-34(26-40(31)37)30-13-3-2-4-14-30)36-19-8-7-18-35(36)45(38)39-22-11-23-42-46(39)41-27-32-15-5-6-16-33(32)28-43(41)48-42/h2-11,13-29H,12H2,1H3. The van der Waals surface area contributed by atoms with E-state index in [1.165, 1.54) is 82.2 Å². The Labute approximate surface area is 279 Å². The molecular weight excluding hydrogens is 581 g/mol. The van der Waals surface area contributed by atoms with E-state index >= 15 is 0 Å². The van der Waals surface area contributed by atoms with Crippen LogP contribution in [0.1, 0.15) is 30.4 Å². The van der Waals surface area contributed by atoms with E-state index in [2.05, 4.69) is 165 Å². The molecule has 1 aliphatic carbocycles. The van der Waals surface area contributed by atoms with Gasteiger partial charge in [-0.25, -0.2) is 0 Å². The predicted octanol–water partition coefficient (Wildman–Crippen LogP) is 13.6. The Kier molecular flexibility index (Phi) is 5.98. The second-order valence-electron chi connectivity index (χ2n) is 13.2. The van der Waals surface area contributed by atoms with E-state index in [-0.39, 0.29) is 0 Å². The number of benzene rings is 8. The molecule has 0 saturated heterocycles. The summed E-state index contributed by atoms with van der Waals surface area (Å²) in [6.45, 7) is 2.39. The van der Waals surface area contributed by atoms with Crippen molar-refractivity contribution in [2.75, 3.05) is 0 Å². The Morgan fingerprint density at radius 1 is 0.500 bits per heavy atom. The maximum Gasteiger partial charge on any atom is 0.136 e. The zero-order valence-corrected chi connectivity index (χ0v) is 26.7. The molecule has 1 unspecified atom stereocenters. The van der Waals surface area contributed by atoms with E-state index in [1.807, 2.05) is 0 Å². The highest BCUT2D eigenvalue weighted by Crippen LogP contribution is 2.51. The van der Waals surface area contributed by atoms with Crippen LogP contribution < -0.4 is 0 Å². The van der Waals surface area contributed by atoms with Gasteiger partial charge in [0, 0.05) is 10.8 Å². The first kappa shape index (κ1) is 27.2. The number of fused-ring (bicyclic) bond motifs is 7. The second-order valence-corrected chi connectivity index (χ2v) is 13.2. The Balaban J connectivity index is 1.32. The van der Waals surface area contributed by atoms with Crippen molar-refractivity contribution in [2.45, 2.75) is 19.3 Å². The molecule has 1 heterocycles. The lowest BCUT2D eigenvalue weighted by atomic mass is 9.75. The molecule has 0 bridgehead atoms. The molecular formula is C47H32O. The maximum absolute atomic E-state index is 6.57. The highest BCUT2D eigenvalue weighted by Gasteiger charge is 2.27. The van der Waals surface area contributed by atoms with Crippen LogP contribution in [0.5, 0.6) is 0 Å². The first-order valence-electron chi connectivity index (χ1n) is 16.9. The quantitative estimate of drug-likeness (QED) is 0.193. The van der Waals surface area contributed by atoms with Crippen LogP contribution in [0.25, 0.3) is 93.7 Å². The molecule has 0 radical (unpaired) electrons. The van der Waals surface area contributed by atoms with Crippen molar-refractivity contribution in [3.8, 4) is 33.4 Å². The summed E-state index contributed by atoms with van der Waals surface area (Å²) in [5.74, 6) is 0.361. The number of hydrogen-bond donors (Lipinski definition) is 0. The SMILES string of the molecule is CC1CC=Cc2c1c(-c1cccc3ccc(-c4ccccc4)cc13)c1ccccc1c2-c1cccc2oc3cc4ccccc4cc3c12. The van der Waals surface area contributed by atoms with Crippen molar-refractivity contribution in [1.82, 2.24) is 0 Å². The zero-order chi connectivity index (χ0) is 31.8. The fourth-order valence-corrected chi connectivity index (χ4v) is 8.27. The summed E-state index contributed by atoms with van der Waals surface area (Å²) in [6, 6.07) is 53.1. The smallest absolute Gasteiger partial charge is 0.136 e. The molecule has 0 saturated carbocycles. The minimum Gasteiger partial charge on any atom is -0.456 e. The van der Waals surface area contributed by atoms with Crippen LogP contribution in [-0.4, -0.2) is 0 Å². The lowest BCUT2D eigenvalue weighted by Crippen LogP contribution is -2.06. The molecule has 10 rings (SSSR count). The fraction of sp³-hybridized carbons (Fsp3) is 0.0638. The van der Waals surface area contributed by atoms with E-state index in [0.29, 0.717) is 5.92 Å². The third-order valence-electron chi connectivity index (χ3n) is 10.5. The van der Waals surface area contributed by atoms with Crippen LogP contribution >= 0.6 is 0 Å². The topological polar surface area (TPSA) is 13.1 Å². The maximum atomic E-state index is 6.57. The van der Waals surface area contributed by atoms with Gasteiger partial charge in [0.1, 0.15) is 11.2 Å². The molecule has 0 aliphatic heterocycles. The Morgan fingerprint density at radius 2 is 1.21 bits per heavy atom. The highest BCUT2D eigenvalue weighted by molar-refractivity contribution is 6.21. The lowest BCUT2D eigenvalue weighted by molar-refractivity contribution is 0.669. The summed E-state index contributed by atoms with van der Waals surface area (Å²) in [6.07, 6.45) is 5.77. The van der Waals surface area contributed by atoms with E-state index in [1.54, 1.807) is 0 Å². The molecule has 226 valence electrons. The number of rotatable bonds is 3. The minimum atomic E-state index is 0.361. The van der Waals surface area contributed by atoms with Crippen LogP contribution in [0, 0.1) is 0 Å². The average molecular weight is 613 g/mol. The van der Waals surface area contributed by atoms with Crippen LogP contribution in [0.3, 0.4) is 0 Å². The molecule has 1 atom stereocenters. The van der Waals surface area contributed by atoms with Crippen molar-refractivity contribution in [1.29, 1.82) is 0 Å². The van der Waals surface area contributed by atoms with E-state index in [9.17, 15) is 0 Å². The van der Waals surface area contributed by atoms with E-state index < -0.39 is 0 Å². The summed E-state index contributed by atoms with van der Waals surface area (Å²) in [5, 5.41) is 9.87. The molecule has 1 heteroatoms. The van der Waals surface area contributed by atoms with Crippen LogP contribution in [0.2, 0.25) is 0 Å². The van der Waals surface area contributed by atoms with Gasteiger partial charge in [-0.3, -0.25) is 0 Å². The Bertz CT molecular complexity index is 2760. The van der Waals surface area contributed by atoms with Gasteiger partial charge in [-0.05, 0) is 113 Å². The second kappa shape index (κ2) is 10.6. The Hall–Kier alpha value is -5.92. The zero-order valence-electron chi connectivity index (χ0n) is 26.7. The van der Waals surface area contributed by atoms with Gasteiger partial charge in [-0.2, -0.15) is 0 Å². The molecule has 0 amide bonds. The first-order chi connectivity index (χ1) is 23.7. The van der Waals surface area contributed by atoms with Crippen LogP contribution in [0.4, 0.5) is 0 Å².